The van der Waals surface area contributed by atoms with Crippen LogP contribution in [0.4, 0.5) is 0 Å². The molecule has 0 radical (unpaired) electrons. The van der Waals surface area contributed by atoms with Crippen LogP contribution >= 0.6 is 0 Å². The van der Waals surface area contributed by atoms with Crippen LogP contribution in [-0.4, -0.2) is 20.3 Å². The first-order valence-corrected chi connectivity index (χ1v) is 13.2. The van der Waals surface area contributed by atoms with E-state index in [-0.39, 0.29) is 16.9 Å². The fourth-order valence-corrected chi connectivity index (χ4v) is 8.80. The molecule has 0 saturated heterocycles. The Bertz CT molecular complexity index is 950. The maximum atomic E-state index is 12.6. The molecule has 7 heteroatoms. The number of aromatic nitrogens is 1. The highest BCUT2D eigenvalue weighted by Gasteiger charge is 2.61. The van der Waals surface area contributed by atoms with E-state index >= 15 is 0 Å². The van der Waals surface area contributed by atoms with Crippen LogP contribution in [-0.2, 0) is 19.4 Å². The van der Waals surface area contributed by atoms with Gasteiger partial charge in [-0.05, 0) is 79.4 Å². The molecule has 5 rings (SSSR count). The summed E-state index contributed by atoms with van der Waals surface area (Å²) in [6.45, 7) is 4.66. The first kappa shape index (κ1) is 21.4. The van der Waals surface area contributed by atoms with Crippen molar-refractivity contribution >= 4 is 16.2 Å². The predicted octanol–water partition coefficient (Wildman–Crippen LogP) is 3.64. The molecule has 0 amide bonds. The number of carbonyl (C=O) groups excluding carboxylic acids is 1. The van der Waals surface area contributed by atoms with Crippen molar-refractivity contribution < 1.29 is 26.4 Å². The van der Waals surface area contributed by atoms with Gasteiger partial charge < -0.3 is 0 Å². The van der Waals surface area contributed by atoms with Gasteiger partial charge in [0, 0.05) is 29.7 Å². The molecule has 7 atom stereocenters. The molecule has 1 aromatic heterocycles. The van der Waals surface area contributed by atoms with Crippen LogP contribution in [0.1, 0.15) is 71.6 Å². The van der Waals surface area contributed by atoms with Crippen molar-refractivity contribution in [2.24, 2.45) is 34.5 Å². The van der Waals surface area contributed by atoms with E-state index in [0.29, 0.717) is 29.5 Å². The van der Waals surface area contributed by atoms with Crippen molar-refractivity contribution in [3.63, 3.8) is 0 Å². The van der Waals surface area contributed by atoms with Crippen LogP contribution in [0.15, 0.2) is 30.6 Å². The second kappa shape index (κ2) is 7.55. The van der Waals surface area contributed by atoms with Gasteiger partial charge in [-0.3, -0.25) is 4.79 Å². The minimum absolute atomic E-state index is 0.146. The Morgan fingerprint density at radius 2 is 1.68 bits per heavy atom. The second-order valence-corrected chi connectivity index (χ2v) is 12.0. The first-order chi connectivity index (χ1) is 14.7. The molecule has 4 aliphatic carbocycles. The quantitative estimate of drug-likeness (QED) is 0.658. The SMILES string of the molecule is C[C@]12CCC(=O)C[C@@H]1CC[C@@H]1[C@@H]2CC[C@]2(C)[C@@H](OS(=O)(=O)O[n+]3ccccc3)CC[C@@H]12. The molecule has 0 N–H and O–H groups in total. The number of hydrogen-bond donors (Lipinski definition) is 0. The standard InChI is InChI=1S/C24H34NO5S/c1-23-12-10-18(26)16-17(23)6-7-19-20-8-9-22(24(20,2)13-11-21(19)23)29-31(27,28)30-25-14-4-3-5-15-25/h3-5,14-15,17,19-22H,6-13,16H2,1-2H3/q+1/t17-,19-,20-,21-,22-,23-,24-/m0/s1. The highest BCUT2D eigenvalue weighted by atomic mass is 32.3. The molecule has 4 fully saturated rings. The third kappa shape index (κ3) is 3.62. The van der Waals surface area contributed by atoms with Gasteiger partial charge in [0.25, 0.3) is 0 Å². The molecule has 170 valence electrons. The van der Waals surface area contributed by atoms with Gasteiger partial charge in [-0.15, -0.1) is 4.28 Å². The van der Waals surface area contributed by atoms with E-state index in [1.165, 1.54) is 0 Å². The third-order valence-corrected chi connectivity index (χ3v) is 10.3. The monoisotopic (exact) mass is 448 g/mol. The smallest absolute Gasteiger partial charge is 0.300 e. The number of Topliss-reactive ketones (excluding diaryl/α,β-unsaturated/α-hetero) is 1. The zero-order valence-corrected chi connectivity index (χ0v) is 19.4. The Balaban J connectivity index is 1.33. The molecule has 4 aliphatic rings. The van der Waals surface area contributed by atoms with Crippen molar-refractivity contribution in [2.75, 3.05) is 0 Å². The van der Waals surface area contributed by atoms with Gasteiger partial charge >= 0.3 is 10.4 Å². The van der Waals surface area contributed by atoms with Crippen LogP contribution < -0.4 is 9.01 Å². The zero-order valence-electron chi connectivity index (χ0n) is 18.5. The van der Waals surface area contributed by atoms with Crippen molar-refractivity contribution in [1.82, 2.24) is 0 Å². The average Bonchev–Trinajstić information content (AvgIpc) is 3.04. The maximum absolute atomic E-state index is 12.6. The number of hydrogen-bond acceptors (Lipinski definition) is 5. The Hall–Kier alpha value is -1.47. The van der Waals surface area contributed by atoms with Crippen LogP contribution in [0.5, 0.6) is 0 Å². The summed E-state index contributed by atoms with van der Waals surface area (Å²) in [6.07, 6.45) is 11.4. The predicted molar refractivity (Wildman–Crippen MR) is 114 cm³/mol. The van der Waals surface area contributed by atoms with E-state index in [1.54, 1.807) is 30.6 Å². The molecule has 1 aromatic rings. The Morgan fingerprint density at radius 1 is 0.935 bits per heavy atom. The summed E-state index contributed by atoms with van der Waals surface area (Å²) in [5.74, 6) is 2.70. The zero-order chi connectivity index (χ0) is 21.9. The highest BCUT2D eigenvalue weighted by molar-refractivity contribution is 7.81. The summed E-state index contributed by atoms with van der Waals surface area (Å²) in [6, 6.07) is 5.21. The van der Waals surface area contributed by atoms with E-state index in [9.17, 15) is 13.2 Å². The second-order valence-electron chi connectivity index (χ2n) is 10.8. The van der Waals surface area contributed by atoms with Crippen LogP contribution in [0.2, 0.25) is 0 Å². The van der Waals surface area contributed by atoms with Gasteiger partial charge in [0.15, 0.2) is 0 Å². The lowest BCUT2D eigenvalue weighted by molar-refractivity contribution is -0.857. The fraction of sp³-hybridized carbons (Fsp3) is 0.750. The van der Waals surface area contributed by atoms with Gasteiger partial charge in [0.1, 0.15) is 5.78 Å². The lowest BCUT2D eigenvalue weighted by atomic mass is 9.45. The Kier molecular flexibility index (Phi) is 5.20. The lowest BCUT2D eigenvalue weighted by Crippen LogP contribution is -2.54. The first-order valence-electron chi connectivity index (χ1n) is 11.8. The number of fused-ring (bicyclic) bond motifs is 5. The van der Waals surface area contributed by atoms with Crippen molar-refractivity contribution in [2.45, 2.75) is 77.7 Å². The minimum Gasteiger partial charge on any atom is -0.300 e. The van der Waals surface area contributed by atoms with Gasteiger partial charge in [0.2, 0.25) is 12.4 Å². The number of ketones is 1. The molecule has 6 nitrogen and oxygen atoms in total. The Morgan fingerprint density at radius 3 is 2.45 bits per heavy atom. The molecule has 0 unspecified atom stereocenters. The third-order valence-electron chi connectivity index (χ3n) is 9.49. The van der Waals surface area contributed by atoms with Crippen molar-refractivity contribution in [3.8, 4) is 0 Å². The average molecular weight is 449 g/mol. The van der Waals surface area contributed by atoms with Gasteiger partial charge in [-0.25, -0.2) is 4.18 Å². The van der Waals surface area contributed by atoms with Crippen LogP contribution in [0.25, 0.3) is 0 Å². The fourth-order valence-electron chi connectivity index (χ4n) is 7.85. The summed E-state index contributed by atoms with van der Waals surface area (Å²) >= 11 is 0. The highest BCUT2D eigenvalue weighted by Crippen LogP contribution is 2.66. The summed E-state index contributed by atoms with van der Waals surface area (Å²) in [5, 5.41) is 0. The molecule has 0 spiro atoms. The normalized spacial score (nSPS) is 42.4. The van der Waals surface area contributed by atoms with E-state index in [4.69, 9.17) is 8.47 Å². The largest absolute Gasteiger partial charge is 0.503 e. The van der Waals surface area contributed by atoms with E-state index in [1.807, 2.05) is 0 Å². The molecule has 0 aromatic carbocycles. The number of pyridine rings is 1. The number of rotatable bonds is 4. The van der Waals surface area contributed by atoms with Crippen LogP contribution in [0, 0.1) is 34.5 Å². The Labute approximate surface area is 185 Å². The summed E-state index contributed by atoms with van der Waals surface area (Å²) < 4.78 is 37.2. The summed E-state index contributed by atoms with van der Waals surface area (Å²) in [7, 11) is -4.15. The topological polar surface area (TPSA) is 73.5 Å². The van der Waals surface area contributed by atoms with Crippen LogP contribution in [0.3, 0.4) is 0 Å². The molecular formula is C24H34NO5S+. The van der Waals surface area contributed by atoms with E-state index in [2.05, 4.69) is 13.8 Å². The molecule has 0 bridgehead atoms. The van der Waals surface area contributed by atoms with Crippen molar-refractivity contribution in [3.05, 3.63) is 30.6 Å². The minimum atomic E-state index is -4.15. The molecular weight excluding hydrogens is 414 g/mol. The summed E-state index contributed by atoms with van der Waals surface area (Å²) in [5.41, 5.74) is 0.114. The molecule has 0 aliphatic heterocycles. The van der Waals surface area contributed by atoms with Gasteiger partial charge in [-0.2, -0.15) is 8.42 Å². The summed E-state index contributed by atoms with van der Waals surface area (Å²) in [4.78, 5) is 12.1. The van der Waals surface area contributed by atoms with Gasteiger partial charge in [-0.1, -0.05) is 19.9 Å². The molecule has 1 heterocycles. The lowest BCUT2D eigenvalue weighted by Gasteiger charge is -2.60. The van der Waals surface area contributed by atoms with Crippen molar-refractivity contribution in [1.29, 1.82) is 0 Å². The van der Waals surface area contributed by atoms with Gasteiger partial charge in [0.05, 0.1) is 6.10 Å². The van der Waals surface area contributed by atoms with E-state index < -0.39 is 10.4 Å². The number of nitrogens with zero attached hydrogens (tertiary/aromatic N) is 1. The number of carbonyl (C=O) groups is 1. The maximum Gasteiger partial charge on any atom is 0.503 e. The molecule has 31 heavy (non-hydrogen) atoms. The van der Waals surface area contributed by atoms with E-state index in [0.717, 1.165) is 62.5 Å². The molecule has 4 saturated carbocycles.